The van der Waals surface area contributed by atoms with Crippen molar-refractivity contribution in [2.45, 2.75) is 6.54 Å². The number of piperazine rings is 1. The molecular formula is C28H31BrN4O4. The van der Waals surface area contributed by atoms with E-state index in [4.69, 9.17) is 14.2 Å². The van der Waals surface area contributed by atoms with Crippen LogP contribution in [0.4, 0.5) is 5.69 Å². The number of nitrogens with zero attached hydrogens (tertiary/aromatic N) is 3. The van der Waals surface area contributed by atoms with Gasteiger partial charge in [0.05, 0.1) is 37.7 Å². The van der Waals surface area contributed by atoms with E-state index in [0.717, 1.165) is 54.2 Å². The molecule has 0 saturated carbocycles. The lowest BCUT2D eigenvalue weighted by atomic mass is 10.1. The molecule has 1 N–H and O–H groups in total. The number of hydrazone groups is 1. The van der Waals surface area contributed by atoms with Crippen LogP contribution in [0, 0.1) is 0 Å². The van der Waals surface area contributed by atoms with Gasteiger partial charge in [-0.25, -0.2) is 5.43 Å². The Hall–Kier alpha value is -3.56. The SMILES string of the molecule is COc1ccccc1N1CCN(Cc2ccc(C(=O)N/N=C\c3cc(Br)c(OC)c(OC)c3)cc2)CC1. The maximum atomic E-state index is 12.5. The Labute approximate surface area is 225 Å². The Kier molecular flexibility index (Phi) is 9.03. The Morgan fingerprint density at radius 1 is 0.946 bits per heavy atom. The van der Waals surface area contributed by atoms with Gasteiger partial charge in [-0.3, -0.25) is 9.69 Å². The highest BCUT2D eigenvalue weighted by molar-refractivity contribution is 9.10. The van der Waals surface area contributed by atoms with Crippen molar-refractivity contribution in [2.24, 2.45) is 5.10 Å². The minimum atomic E-state index is -0.271. The molecule has 0 spiro atoms. The summed E-state index contributed by atoms with van der Waals surface area (Å²) in [6.45, 7) is 4.64. The molecule has 1 saturated heterocycles. The number of para-hydroxylation sites is 2. The van der Waals surface area contributed by atoms with E-state index in [2.05, 4.69) is 42.3 Å². The van der Waals surface area contributed by atoms with Crippen LogP contribution >= 0.6 is 15.9 Å². The molecule has 1 amide bonds. The van der Waals surface area contributed by atoms with E-state index >= 15 is 0 Å². The zero-order chi connectivity index (χ0) is 26.2. The van der Waals surface area contributed by atoms with Crippen LogP contribution < -0.4 is 24.5 Å². The summed E-state index contributed by atoms with van der Waals surface area (Å²) in [6.07, 6.45) is 1.56. The molecule has 3 aromatic carbocycles. The first-order valence-electron chi connectivity index (χ1n) is 12.0. The van der Waals surface area contributed by atoms with Gasteiger partial charge in [-0.2, -0.15) is 5.10 Å². The summed E-state index contributed by atoms with van der Waals surface area (Å²) in [5.74, 6) is 1.81. The van der Waals surface area contributed by atoms with Crippen LogP contribution in [0.25, 0.3) is 0 Å². The molecule has 0 aromatic heterocycles. The van der Waals surface area contributed by atoms with Crippen LogP contribution in [-0.2, 0) is 6.54 Å². The number of benzene rings is 3. The molecule has 37 heavy (non-hydrogen) atoms. The summed E-state index contributed by atoms with van der Waals surface area (Å²) < 4.78 is 16.9. The second-order valence-corrected chi connectivity index (χ2v) is 9.42. The molecule has 1 aliphatic heterocycles. The zero-order valence-corrected chi connectivity index (χ0v) is 22.8. The lowest BCUT2D eigenvalue weighted by Crippen LogP contribution is -2.46. The Morgan fingerprint density at radius 2 is 1.65 bits per heavy atom. The van der Waals surface area contributed by atoms with Gasteiger partial charge in [0.15, 0.2) is 11.5 Å². The van der Waals surface area contributed by atoms with E-state index in [1.54, 1.807) is 33.6 Å². The molecule has 4 rings (SSSR count). The number of anilines is 1. The number of halogens is 1. The number of nitrogens with one attached hydrogen (secondary N) is 1. The highest BCUT2D eigenvalue weighted by Gasteiger charge is 2.19. The highest BCUT2D eigenvalue weighted by Crippen LogP contribution is 2.35. The molecule has 194 valence electrons. The Morgan fingerprint density at radius 3 is 2.32 bits per heavy atom. The second kappa shape index (κ2) is 12.6. The largest absolute Gasteiger partial charge is 0.495 e. The highest BCUT2D eigenvalue weighted by atomic mass is 79.9. The fraction of sp³-hybridized carbons (Fsp3) is 0.286. The van der Waals surface area contributed by atoms with Crippen LogP contribution in [0.1, 0.15) is 21.5 Å². The minimum Gasteiger partial charge on any atom is -0.495 e. The Balaban J connectivity index is 1.28. The molecule has 0 aliphatic carbocycles. The molecule has 1 aliphatic rings. The molecule has 0 radical (unpaired) electrons. The number of rotatable bonds is 9. The maximum Gasteiger partial charge on any atom is 0.271 e. The number of hydrogen-bond acceptors (Lipinski definition) is 7. The van der Waals surface area contributed by atoms with Crippen LogP contribution in [0.5, 0.6) is 17.2 Å². The first-order valence-corrected chi connectivity index (χ1v) is 12.8. The summed E-state index contributed by atoms with van der Waals surface area (Å²) in [7, 11) is 4.85. The average Bonchev–Trinajstić information content (AvgIpc) is 2.93. The Bertz CT molecular complexity index is 1240. The van der Waals surface area contributed by atoms with Crippen molar-refractivity contribution >= 4 is 33.7 Å². The third kappa shape index (κ3) is 6.61. The summed E-state index contributed by atoms with van der Waals surface area (Å²) >= 11 is 3.45. The van der Waals surface area contributed by atoms with Crippen molar-refractivity contribution in [1.29, 1.82) is 0 Å². The van der Waals surface area contributed by atoms with Crippen LogP contribution in [0.15, 0.2) is 70.2 Å². The van der Waals surface area contributed by atoms with Crippen LogP contribution in [-0.4, -0.2) is 64.5 Å². The smallest absolute Gasteiger partial charge is 0.271 e. The minimum absolute atomic E-state index is 0.271. The molecule has 0 unspecified atom stereocenters. The van der Waals surface area contributed by atoms with E-state index in [0.29, 0.717) is 17.1 Å². The van der Waals surface area contributed by atoms with E-state index in [-0.39, 0.29) is 5.91 Å². The number of amides is 1. The summed E-state index contributed by atoms with van der Waals surface area (Å²) in [4.78, 5) is 17.3. The maximum absolute atomic E-state index is 12.5. The lowest BCUT2D eigenvalue weighted by molar-refractivity contribution is 0.0955. The quantitative estimate of drug-likeness (QED) is 0.302. The average molecular weight is 567 g/mol. The van der Waals surface area contributed by atoms with Gasteiger partial charge < -0.3 is 19.1 Å². The lowest BCUT2D eigenvalue weighted by Gasteiger charge is -2.36. The third-order valence-corrected chi connectivity index (χ3v) is 6.85. The van der Waals surface area contributed by atoms with Gasteiger partial charge >= 0.3 is 0 Å². The van der Waals surface area contributed by atoms with E-state index < -0.39 is 0 Å². The molecule has 1 fully saturated rings. The topological polar surface area (TPSA) is 75.6 Å². The van der Waals surface area contributed by atoms with Crippen LogP contribution in [0.3, 0.4) is 0 Å². The van der Waals surface area contributed by atoms with Gasteiger partial charge in [-0.15, -0.1) is 0 Å². The number of hydrogen-bond donors (Lipinski definition) is 1. The van der Waals surface area contributed by atoms with Crippen molar-refractivity contribution in [3.63, 3.8) is 0 Å². The fourth-order valence-corrected chi connectivity index (χ4v) is 4.92. The predicted molar refractivity (Wildman–Crippen MR) is 149 cm³/mol. The summed E-state index contributed by atoms with van der Waals surface area (Å²) in [5, 5.41) is 4.09. The van der Waals surface area contributed by atoms with Crippen LogP contribution in [0.2, 0.25) is 0 Å². The molecule has 0 bridgehead atoms. The monoisotopic (exact) mass is 566 g/mol. The number of ether oxygens (including phenoxy) is 3. The molecule has 0 atom stereocenters. The van der Waals surface area contributed by atoms with Gasteiger partial charge in [-0.1, -0.05) is 24.3 Å². The first kappa shape index (κ1) is 26.5. The van der Waals surface area contributed by atoms with Crippen molar-refractivity contribution in [3.8, 4) is 17.2 Å². The first-order chi connectivity index (χ1) is 18.0. The van der Waals surface area contributed by atoms with Crippen molar-refractivity contribution in [1.82, 2.24) is 10.3 Å². The van der Waals surface area contributed by atoms with Crippen molar-refractivity contribution in [3.05, 3.63) is 81.8 Å². The predicted octanol–water partition coefficient (Wildman–Crippen LogP) is 4.56. The van der Waals surface area contributed by atoms with Crippen molar-refractivity contribution < 1.29 is 19.0 Å². The standard InChI is InChI=1S/C28H31BrN4O4/c1-35-25-7-5-4-6-24(25)33-14-12-32(13-15-33)19-20-8-10-22(11-9-20)28(34)31-30-18-21-16-23(29)27(37-3)26(17-21)36-2/h4-11,16-18H,12-15,19H2,1-3H3,(H,31,34)/b30-18-. The summed E-state index contributed by atoms with van der Waals surface area (Å²) in [6, 6.07) is 19.4. The van der Waals surface area contributed by atoms with E-state index in [1.807, 2.05) is 48.5 Å². The number of carbonyl (C=O) groups is 1. The zero-order valence-electron chi connectivity index (χ0n) is 21.2. The van der Waals surface area contributed by atoms with E-state index in [9.17, 15) is 4.79 Å². The van der Waals surface area contributed by atoms with Gasteiger partial charge in [0.1, 0.15) is 5.75 Å². The molecular weight excluding hydrogens is 536 g/mol. The third-order valence-electron chi connectivity index (χ3n) is 6.26. The molecule has 3 aromatic rings. The van der Waals surface area contributed by atoms with Gasteiger partial charge in [0.25, 0.3) is 5.91 Å². The second-order valence-electron chi connectivity index (χ2n) is 8.57. The number of methoxy groups -OCH3 is 3. The normalized spacial score (nSPS) is 14.0. The molecule has 1 heterocycles. The molecule has 9 heteroatoms. The summed E-state index contributed by atoms with van der Waals surface area (Å²) in [5.41, 5.74) is 6.20. The van der Waals surface area contributed by atoms with Gasteiger partial charge in [0, 0.05) is 38.3 Å². The van der Waals surface area contributed by atoms with Gasteiger partial charge in [0.2, 0.25) is 0 Å². The van der Waals surface area contributed by atoms with Gasteiger partial charge in [-0.05, 0) is 63.5 Å². The molecule has 8 nitrogen and oxygen atoms in total. The fourth-order valence-electron chi connectivity index (χ4n) is 4.30. The van der Waals surface area contributed by atoms with E-state index in [1.165, 1.54) is 5.56 Å². The van der Waals surface area contributed by atoms with Crippen molar-refractivity contribution in [2.75, 3.05) is 52.4 Å². The number of carbonyl (C=O) groups excluding carboxylic acids is 1.